The molecule has 0 aliphatic heterocycles. The molecule has 612 valence electrons. The van der Waals surface area contributed by atoms with Crippen molar-refractivity contribution in [1.29, 1.82) is 0 Å². The first-order chi connectivity index (χ1) is 50.1. The van der Waals surface area contributed by atoms with Crippen LogP contribution in [0.1, 0.15) is 452 Å². The van der Waals surface area contributed by atoms with Crippen molar-refractivity contribution in [3.8, 4) is 0 Å². The molecule has 3 unspecified atom stereocenters. The fraction of sp³-hybridized carbons (Fsp3) is 0.952. The Balaban J connectivity index is 5.18. The van der Waals surface area contributed by atoms with Gasteiger partial charge in [-0.3, -0.25) is 37.3 Å². The van der Waals surface area contributed by atoms with Gasteiger partial charge in [-0.15, -0.1) is 0 Å². The summed E-state index contributed by atoms with van der Waals surface area (Å²) in [6.45, 7) is 7.34. The standard InChI is InChI=1S/C84H164O17P2/c1-6-10-13-16-19-22-24-26-28-30-32-34-36-38-40-42-44-49-54-59-64-69-83(88)101-80(74-95-82(87)68-63-58-53-48-43-41-39-37-35-33-31-29-27-25-23-20-17-14-11-7-2)76-99-103(92,93)97-72-78(85)71-96-102(90,91)98-75-79(73-94-81(86)67-62-57-52-21-18-15-12-8-3)100-84(89)70-65-60-55-50-46-45-47-51-56-61-66-77(5)9-4/h77-80,85H,6-76H2,1-5H3,(H,90,91)(H,92,93)/t77?,78-,79+,80+/m0/s1. The third-order valence-corrected chi connectivity index (χ3v) is 22.0. The molecule has 0 saturated heterocycles. The monoisotopic (exact) mass is 1510 g/mol. The minimum absolute atomic E-state index is 0.107. The molecule has 0 aromatic heterocycles. The summed E-state index contributed by atoms with van der Waals surface area (Å²) in [5.41, 5.74) is 0. The van der Waals surface area contributed by atoms with Gasteiger partial charge in [-0.1, -0.05) is 401 Å². The Morgan fingerprint density at radius 2 is 0.466 bits per heavy atom. The molecule has 0 radical (unpaired) electrons. The predicted octanol–water partition coefficient (Wildman–Crippen LogP) is 25.6. The number of phosphoric ester groups is 2. The molecule has 0 saturated carbocycles. The van der Waals surface area contributed by atoms with Gasteiger partial charge in [-0.2, -0.15) is 0 Å². The number of hydrogen-bond acceptors (Lipinski definition) is 15. The molecular formula is C84H164O17P2. The minimum Gasteiger partial charge on any atom is -0.462 e. The van der Waals surface area contributed by atoms with E-state index < -0.39 is 97.5 Å². The van der Waals surface area contributed by atoms with Crippen LogP contribution in [0.15, 0.2) is 0 Å². The van der Waals surface area contributed by atoms with Crippen molar-refractivity contribution in [2.75, 3.05) is 39.6 Å². The lowest BCUT2D eigenvalue weighted by Crippen LogP contribution is -2.30. The van der Waals surface area contributed by atoms with Gasteiger partial charge < -0.3 is 33.8 Å². The summed E-state index contributed by atoms with van der Waals surface area (Å²) < 4.78 is 68.7. The summed E-state index contributed by atoms with van der Waals surface area (Å²) in [5, 5.41) is 10.6. The van der Waals surface area contributed by atoms with E-state index in [9.17, 15) is 43.2 Å². The second-order valence-electron chi connectivity index (χ2n) is 30.5. The van der Waals surface area contributed by atoms with Crippen LogP contribution in [-0.4, -0.2) is 96.7 Å². The van der Waals surface area contributed by atoms with E-state index >= 15 is 0 Å². The summed E-state index contributed by atoms with van der Waals surface area (Å²) in [7, 11) is -9.92. The first kappa shape index (κ1) is 101. The van der Waals surface area contributed by atoms with E-state index in [4.69, 9.17) is 37.0 Å². The molecule has 17 nitrogen and oxygen atoms in total. The van der Waals surface area contributed by atoms with Crippen molar-refractivity contribution in [2.24, 2.45) is 5.92 Å². The summed E-state index contributed by atoms with van der Waals surface area (Å²) >= 11 is 0. The normalized spacial score (nSPS) is 14.1. The van der Waals surface area contributed by atoms with Crippen molar-refractivity contribution >= 4 is 39.5 Å². The Kier molecular flexibility index (Phi) is 75.4. The summed E-state index contributed by atoms with van der Waals surface area (Å²) in [6.07, 6.45) is 69.6. The zero-order valence-electron chi connectivity index (χ0n) is 67.5. The fourth-order valence-corrected chi connectivity index (χ4v) is 14.7. The molecule has 0 amide bonds. The lowest BCUT2D eigenvalue weighted by atomic mass is 9.99. The lowest BCUT2D eigenvalue weighted by molar-refractivity contribution is -0.161. The number of carbonyl (C=O) groups excluding carboxylic acids is 4. The highest BCUT2D eigenvalue weighted by Gasteiger charge is 2.30. The molecule has 0 aromatic rings. The molecule has 19 heteroatoms. The number of aliphatic hydroxyl groups excluding tert-OH is 1. The van der Waals surface area contributed by atoms with Gasteiger partial charge in [0.15, 0.2) is 12.2 Å². The van der Waals surface area contributed by atoms with E-state index in [1.807, 2.05) is 0 Å². The first-order valence-electron chi connectivity index (χ1n) is 43.7. The van der Waals surface area contributed by atoms with Gasteiger partial charge >= 0.3 is 39.5 Å². The maximum atomic E-state index is 13.1. The molecule has 0 aromatic carbocycles. The zero-order chi connectivity index (χ0) is 75.5. The molecule has 0 heterocycles. The molecule has 0 bridgehead atoms. The average molecular weight is 1510 g/mol. The Bertz CT molecular complexity index is 1960. The van der Waals surface area contributed by atoms with Gasteiger partial charge in [-0.25, -0.2) is 9.13 Å². The SMILES string of the molecule is CCCCCCCCCCCCCCCCCCCCCCCC(=O)O[C@H](COC(=O)CCCCCCCCCCCCCCCCCCCCCC)COP(=O)(O)OC[C@@H](O)COP(=O)(O)OC[C@@H](COC(=O)CCCCCCCCCC)OC(=O)CCCCCCCCCCCCC(C)CC. The number of phosphoric acid groups is 2. The Hall–Kier alpha value is -1.94. The predicted molar refractivity (Wildman–Crippen MR) is 423 cm³/mol. The largest absolute Gasteiger partial charge is 0.472 e. The van der Waals surface area contributed by atoms with Crippen LogP contribution < -0.4 is 0 Å². The second-order valence-corrected chi connectivity index (χ2v) is 33.4. The maximum Gasteiger partial charge on any atom is 0.472 e. The molecule has 103 heavy (non-hydrogen) atoms. The van der Waals surface area contributed by atoms with Crippen LogP contribution in [-0.2, 0) is 65.4 Å². The Morgan fingerprint density at radius 3 is 0.689 bits per heavy atom. The highest BCUT2D eigenvalue weighted by atomic mass is 31.2. The Morgan fingerprint density at radius 1 is 0.272 bits per heavy atom. The highest BCUT2D eigenvalue weighted by molar-refractivity contribution is 7.47. The molecule has 6 atom stereocenters. The molecule has 0 aliphatic rings. The summed E-state index contributed by atoms with van der Waals surface area (Å²) in [4.78, 5) is 73.0. The van der Waals surface area contributed by atoms with E-state index in [2.05, 4.69) is 34.6 Å². The van der Waals surface area contributed by atoms with Crippen molar-refractivity contribution in [2.45, 2.75) is 470 Å². The third-order valence-electron chi connectivity index (χ3n) is 20.1. The number of carbonyl (C=O) groups is 4. The van der Waals surface area contributed by atoms with Crippen molar-refractivity contribution in [3.63, 3.8) is 0 Å². The highest BCUT2D eigenvalue weighted by Crippen LogP contribution is 2.45. The van der Waals surface area contributed by atoms with Crippen LogP contribution in [0.4, 0.5) is 0 Å². The lowest BCUT2D eigenvalue weighted by Gasteiger charge is -2.21. The number of ether oxygens (including phenoxy) is 4. The molecule has 0 fully saturated rings. The smallest absolute Gasteiger partial charge is 0.462 e. The van der Waals surface area contributed by atoms with Crippen molar-refractivity contribution < 1.29 is 80.2 Å². The van der Waals surface area contributed by atoms with Gasteiger partial charge in [0.25, 0.3) is 0 Å². The zero-order valence-corrected chi connectivity index (χ0v) is 69.3. The molecule has 0 aliphatic carbocycles. The van der Waals surface area contributed by atoms with Crippen LogP contribution in [0.25, 0.3) is 0 Å². The quantitative estimate of drug-likeness (QED) is 0.0222. The topological polar surface area (TPSA) is 237 Å². The van der Waals surface area contributed by atoms with Gasteiger partial charge in [-0.05, 0) is 31.6 Å². The average Bonchev–Trinajstić information content (AvgIpc) is 0.967. The van der Waals surface area contributed by atoms with Crippen molar-refractivity contribution in [1.82, 2.24) is 0 Å². The van der Waals surface area contributed by atoms with Crippen LogP contribution >= 0.6 is 15.6 Å². The van der Waals surface area contributed by atoms with Gasteiger partial charge in [0.2, 0.25) is 0 Å². The van der Waals surface area contributed by atoms with E-state index in [0.29, 0.717) is 25.7 Å². The Labute approximate surface area is 632 Å². The molecule has 3 N–H and O–H groups in total. The van der Waals surface area contributed by atoms with Crippen molar-refractivity contribution in [3.05, 3.63) is 0 Å². The van der Waals surface area contributed by atoms with E-state index in [1.54, 1.807) is 0 Å². The number of esters is 4. The number of aliphatic hydroxyl groups is 1. The third kappa shape index (κ3) is 76.6. The molecule has 0 rings (SSSR count). The van der Waals surface area contributed by atoms with Gasteiger partial charge in [0, 0.05) is 25.7 Å². The number of rotatable bonds is 84. The molecular weight excluding hydrogens is 1340 g/mol. The van der Waals surface area contributed by atoms with E-state index in [0.717, 1.165) is 102 Å². The number of unbranched alkanes of at least 4 members (excludes halogenated alkanes) is 55. The van der Waals surface area contributed by atoms with Crippen LogP contribution in [0.2, 0.25) is 0 Å². The second kappa shape index (κ2) is 76.8. The minimum atomic E-state index is -4.96. The van der Waals surface area contributed by atoms with Gasteiger partial charge in [0.05, 0.1) is 26.4 Å². The fourth-order valence-electron chi connectivity index (χ4n) is 13.1. The summed E-state index contributed by atoms with van der Waals surface area (Å²) in [6, 6.07) is 0. The first-order valence-corrected chi connectivity index (χ1v) is 46.7. The van der Waals surface area contributed by atoms with Gasteiger partial charge in [0.1, 0.15) is 19.3 Å². The van der Waals surface area contributed by atoms with E-state index in [1.165, 1.54) is 270 Å². The molecule has 0 spiro atoms. The van der Waals surface area contributed by atoms with Crippen LogP contribution in [0, 0.1) is 5.92 Å². The van der Waals surface area contributed by atoms with E-state index in [-0.39, 0.29) is 25.7 Å². The number of hydrogen-bond donors (Lipinski definition) is 3. The van der Waals surface area contributed by atoms with Crippen LogP contribution in [0.3, 0.4) is 0 Å². The maximum absolute atomic E-state index is 13.1. The summed E-state index contributed by atoms with van der Waals surface area (Å²) in [5.74, 6) is -1.30. The van der Waals surface area contributed by atoms with Crippen LogP contribution in [0.5, 0.6) is 0 Å².